The number of nitrogens with two attached hydrogens (primary N) is 1. The topological polar surface area (TPSA) is 98.3 Å². The Morgan fingerprint density at radius 3 is 2.37 bits per heavy atom. The van der Waals surface area contributed by atoms with Crippen molar-refractivity contribution in [2.75, 3.05) is 16.6 Å². The molecule has 27 heavy (non-hydrogen) atoms. The number of sulfonamides is 1. The van der Waals surface area contributed by atoms with E-state index >= 15 is 0 Å². The van der Waals surface area contributed by atoms with Crippen molar-refractivity contribution in [3.8, 4) is 5.69 Å². The van der Waals surface area contributed by atoms with Crippen molar-refractivity contribution in [2.24, 2.45) is 0 Å². The Labute approximate surface area is 156 Å². The van der Waals surface area contributed by atoms with Gasteiger partial charge in [0, 0.05) is 12.1 Å². The van der Waals surface area contributed by atoms with Gasteiger partial charge >= 0.3 is 5.69 Å². The summed E-state index contributed by atoms with van der Waals surface area (Å²) in [6.07, 6.45) is 0.395. The number of hydrogen-bond donors (Lipinski definition) is 1. The number of hydrogen-bond acceptors (Lipinski definition) is 5. The molecule has 0 amide bonds. The molecule has 0 spiro atoms. The number of anilines is 2. The van der Waals surface area contributed by atoms with E-state index in [0.717, 1.165) is 5.56 Å². The minimum Gasteiger partial charge on any atom is -0.384 e. The summed E-state index contributed by atoms with van der Waals surface area (Å²) in [6, 6.07) is 15.5. The third kappa shape index (κ3) is 2.78. The fourth-order valence-electron chi connectivity index (χ4n) is 3.22. The van der Waals surface area contributed by atoms with Crippen LogP contribution >= 0.6 is 0 Å². The molecule has 0 saturated carbocycles. The van der Waals surface area contributed by atoms with E-state index in [2.05, 4.69) is 4.98 Å². The fourth-order valence-corrected chi connectivity index (χ4v) is 4.67. The lowest BCUT2D eigenvalue weighted by atomic mass is 10.2. The molecule has 0 bridgehead atoms. The maximum atomic E-state index is 13.0. The number of nitrogen functional groups attached to an aromatic ring is 1. The van der Waals surface area contributed by atoms with E-state index < -0.39 is 15.7 Å². The molecule has 3 aromatic rings. The van der Waals surface area contributed by atoms with Crippen LogP contribution in [0.2, 0.25) is 0 Å². The Bertz CT molecular complexity index is 1170. The number of aromatic nitrogens is 2. The first-order chi connectivity index (χ1) is 12.9. The standard InChI is InChI=1S/C19H18N4O3S/c1-13-7-9-15(10-8-13)27(25,26)22-12-11-16-17(20)23(19(24)21-18(16)22)14-5-3-2-4-6-14/h2-10H,11-12,20H2,1H3. The minimum atomic E-state index is -3.81. The molecule has 0 unspecified atom stereocenters. The van der Waals surface area contributed by atoms with Gasteiger partial charge in [-0.1, -0.05) is 35.9 Å². The maximum absolute atomic E-state index is 13.0. The molecule has 8 heteroatoms. The van der Waals surface area contributed by atoms with Crippen molar-refractivity contribution < 1.29 is 8.42 Å². The molecule has 1 aliphatic heterocycles. The zero-order valence-corrected chi connectivity index (χ0v) is 15.5. The first kappa shape index (κ1) is 17.3. The Morgan fingerprint density at radius 2 is 1.70 bits per heavy atom. The number of rotatable bonds is 3. The van der Waals surface area contributed by atoms with E-state index in [1.807, 2.05) is 13.0 Å². The predicted molar refractivity (Wildman–Crippen MR) is 104 cm³/mol. The van der Waals surface area contributed by atoms with E-state index in [0.29, 0.717) is 17.7 Å². The van der Waals surface area contributed by atoms with Crippen LogP contribution in [0.5, 0.6) is 0 Å². The second-order valence-electron chi connectivity index (χ2n) is 6.39. The van der Waals surface area contributed by atoms with E-state index in [4.69, 9.17) is 5.73 Å². The fraction of sp³-hybridized carbons (Fsp3) is 0.158. The molecule has 0 saturated heterocycles. The molecule has 0 fully saturated rings. The first-order valence-electron chi connectivity index (χ1n) is 8.46. The molecule has 138 valence electrons. The van der Waals surface area contributed by atoms with Gasteiger partial charge in [0.15, 0.2) is 5.82 Å². The molecular formula is C19H18N4O3S. The van der Waals surface area contributed by atoms with Gasteiger partial charge in [-0.25, -0.2) is 22.1 Å². The predicted octanol–water partition coefficient (Wildman–Crippen LogP) is 1.87. The molecule has 0 radical (unpaired) electrons. The molecule has 1 aliphatic rings. The zero-order valence-electron chi connectivity index (χ0n) is 14.7. The lowest BCUT2D eigenvalue weighted by molar-refractivity contribution is 0.592. The van der Waals surface area contributed by atoms with Crippen LogP contribution in [0.1, 0.15) is 11.1 Å². The van der Waals surface area contributed by atoms with Crippen LogP contribution < -0.4 is 15.7 Å². The Balaban J connectivity index is 1.84. The van der Waals surface area contributed by atoms with Crippen LogP contribution in [0.4, 0.5) is 11.6 Å². The highest BCUT2D eigenvalue weighted by Crippen LogP contribution is 2.34. The Kier molecular flexibility index (Phi) is 4.00. The number of aryl methyl sites for hydroxylation is 1. The van der Waals surface area contributed by atoms with Gasteiger partial charge in [0.1, 0.15) is 5.82 Å². The van der Waals surface area contributed by atoms with Crippen LogP contribution in [0.3, 0.4) is 0 Å². The summed E-state index contributed by atoms with van der Waals surface area (Å²) in [6.45, 7) is 2.08. The molecular weight excluding hydrogens is 364 g/mol. The van der Waals surface area contributed by atoms with Gasteiger partial charge in [-0.3, -0.25) is 0 Å². The highest BCUT2D eigenvalue weighted by atomic mass is 32.2. The zero-order chi connectivity index (χ0) is 19.2. The highest BCUT2D eigenvalue weighted by Gasteiger charge is 2.35. The SMILES string of the molecule is Cc1ccc(S(=O)(=O)N2CCc3c2nc(=O)n(-c2ccccc2)c3N)cc1. The van der Waals surface area contributed by atoms with Gasteiger partial charge in [-0.2, -0.15) is 4.98 Å². The van der Waals surface area contributed by atoms with Crippen molar-refractivity contribution in [3.63, 3.8) is 0 Å². The van der Waals surface area contributed by atoms with Crippen molar-refractivity contribution in [2.45, 2.75) is 18.2 Å². The number of benzene rings is 2. The summed E-state index contributed by atoms with van der Waals surface area (Å²) in [5.74, 6) is 0.336. The van der Waals surface area contributed by atoms with Crippen LogP contribution in [0, 0.1) is 6.92 Å². The average Bonchev–Trinajstić information content (AvgIpc) is 3.08. The Morgan fingerprint density at radius 1 is 1.04 bits per heavy atom. The van der Waals surface area contributed by atoms with Crippen molar-refractivity contribution in [3.05, 3.63) is 76.2 Å². The number of para-hydroxylation sites is 1. The van der Waals surface area contributed by atoms with E-state index in [1.54, 1.807) is 48.5 Å². The largest absolute Gasteiger partial charge is 0.384 e. The van der Waals surface area contributed by atoms with Crippen molar-refractivity contribution in [1.82, 2.24) is 9.55 Å². The maximum Gasteiger partial charge on any atom is 0.355 e. The smallest absolute Gasteiger partial charge is 0.355 e. The second-order valence-corrected chi connectivity index (χ2v) is 8.26. The molecule has 1 aromatic heterocycles. The molecule has 2 aromatic carbocycles. The third-order valence-electron chi connectivity index (χ3n) is 4.64. The summed E-state index contributed by atoms with van der Waals surface area (Å²) in [4.78, 5) is 16.8. The van der Waals surface area contributed by atoms with Crippen LogP contribution in [-0.2, 0) is 16.4 Å². The van der Waals surface area contributed by atoms with Crippen molar-refractivity contribution >= 4 is 21.7 Å². The summed E-state index contributed by atoms with van der Waals surface area (Å²) < 4.78 is 28.5. The normalized spacial score (nSPS) is 13.6. The van der Waals surface area contributed by atoms with Gasteiger partial charge in [0.25, 0.3) is 10.0 Å². The lowest BCUT2D eigenvalue weighted by Gasteiger charge is -2.19. The summed E-state index contributed by atoms with van der Waals surface area (Å²) in [5, 5.41) is 0. The minimum absolute atomic E-state index is 0.116. The van der Waals surface area contributed by atoms with E-state index in [9.17, 15) is 13.2 Å². The van der Waals surface area contributed by atoms with Gasteiger partial charge in [0.2, 0.25) is 0 Å². The number of fused-ring (bicyclic) bond motifs is 1. The molecule has 7 nitrogen and oxygen atoms in total. The molecule has 2 heterocycles. The van der Waals surface area contributed by atoms with Gasteiger partial charge < -0.3 is 5.73 Å². The second kappa shape index (κ2) is 6.24. The first-order valence-corrected chi connectivity index (χ1v) is 9.90. The number of nitrogens with zero attached hydrogens (tertiary/aromatic N) is 3. The van der Waals surface area contributed by atoms with Gasteiger partial charge in [-0.15, -0.1) is 0 Å². The van der Waals surface area contributed by atoms with Crippen LogP contribution in [-0.4, -0.2) is 24.5 Å². The molecule has 0 atom stereocenters. The molecule has 2 N–H and O–H groups in total. The average molecular weight is 382 g/mol. The van der Waals surface area contributed by atoms with E-state index in [1.165, 1.54) is 8.87 Å². The summed E-state index contributed by atoms with van der Waals surface area (Å²) >= 11 is 0. The Hall–Kier alpha value is -3.13. The van der Waals surface area contributed by atoms with Crippen molar-refractivity contribution in [1.29, 1.82) is 0 Å². The highest BCUT2D eigenvalue weighted by molar-refractivity contribution is 7.92. The molecule has 4 rings (SSSR count). The van der Waals surface area contributed by atoms with Gasteiger partial charge in [-0.05, 0) is 37.6 Å². The van der Waals surface area contributed by atoms with Crippen LogP contribution in [0.25, 0.3) is 5.69 Å². The summed E-state index contributed by atoms with van der Waals surface area (Å²) in [5.41, 5.74) is 7.74. The monoisotopic (exact) mass is 382 g/mol. The third-order valence-corrected chi connectivity index (χ3v) is 6.44. The van der Waals surface area contributed by atoms with Crippen LogP contribution in [0.15, 0.2) is 64.3 Å². The lowest BCUT2D eigenvalue weighted by Crippen LogP contribution is -2.32. The van der Waals surface area contributed by atoms with E-state index in [-0.39, 0.29) is 23.1 Å². The quantitative estimate of drug-likeness (QED) is 0.746. The summed E-state index contributed by atoms with van der Waals surface area (Å²) in [7, 11) is -3.81. The van der Waals surface area contributed by atoms with Gasteiger partial charge in [0.05, 0.1) is 10.6 Å². The molecule has 0 aliphatic carbocycles.